The summed E-state index contributed by atoms with van der Waals surface area (Å²) in [6.45, 7) is 1.83. The summed E-state index contributed by atoms with van der Waals surface area (Å²) < 4.78 is 18.3. The highest BCUT2D eigenvalue weighted by Crippen LogP contribution is 2.25. The fourth-order valence-electron chi connectivity index (χ4n) is 1.65. The van der Waals surface area contributed by atoms with Crippen molar-refractivity contribution in [3.8, 4) is 5.75 Å². The first-order valence-electron chi connectivity index (χ1n) is 5.13. The van der Waals surface area contributed by atoms with Gasteiger partial charge >= 0.3 is 0 Å². The second-order valence-corrected chi connectivity index (χ2v) is 4.12. The minimum Gasteiger partial charge on any atom is -0.496 e. The van der Waals surface area contributed by atoms with Gasteiger partial charge in [0.15, 0.2) is 0 Å². The molecule has 0 spiro atoms. The van der Waals surface area contributed by atoms with E-state index in [1.54, 1.807) is 13.2 Å². The van der Waals surface area contributed by atoms with Crippen LogP contribution in [-0.2, 0) is 6.42 Å². The number of rotatable bonds is 3. The maximum absolute atomic E-state index is 13.2. The van der Waals surface area contributed by atoms with Gasteiger partial charge in [-0.25, -0.2) is 4.39 Å². The Bertz CT molecular complexity index is 539. The molecule has 0 saturated carbocycles. The SMILES string of the molecule is COc1ccc(F)cc1Cc1n[nH]c(C)c1Cl. The van der Waals surface area contributed by atoms with Crippen LogP contribution in [0.1, 0.15) is 17.0 Å². The molecule has 1 aromatic carbocycles. The van der Waals surface area contributed by atoms with E-state index in [4.69, 9.17) is 16.3 Å². The molecular weight excluding hydrogens is 243 g/mol. The van der Waals surface area contributed by atoms with Crippen molar-refractivity contribution in [2.75, 3.05) is 7.11 Å². The van der Waals surface area contributed by atoms with E-state index in [0.29, 0.717) is 22.9 Å². The third kappa shape index (κ3) is 2.42. The molecule has 17 heavy (non-hydrogen) atoms. The monoisotopic (exact) mass is 254 g/mol. The first-order chi connectivity index (χ1) is 8.11. The van der Waals surface area contributed by atoms with Crippen LogP contribution in [0.15, 0.2) is 18.2 Å². The molecule has 1 heterocycles. The Balaban J connectivity index is 2.35. The van der Waals surface area contributed by atoms with Crippen molar-refractivity contribution in [1.82, 2.24) is 10.2 Å². The Labute approximate surface area is 104 Å². The standard InChI is InChI=1S/C12H12ClFN2O/c1-7-12(13)10(16-15-7)6-8-5-9(14)3-4-11(8)17-2/h3-5H,6H2,1-2H3,(H,15,16). The van der Waals surface area contributed by atoms with Crippen LogP contribution in [0, 0.1) is 12.7 Å². The average molecular weight is 255 g/mol. The van der Waals surface area contributed by atoms with Crippen molar-refractivity contribution >= 4 is 11.6 Å². The summed E-state index contributed by atoms with van der Waals surface area (Å²) >= 11 is 6.07. The molecule has 1 N–H and O–H groups in total. The number of aryl methyl sites for hydroxylation is 1. The summed E-state index contributed by atoms with van der Waals surface area (Å²) in [7, 11) is 1.55. The number of benzene rings is 1. The first-order valence-corrected chi connectivity index (χ1v) is 5.51. The average Bonchev–Trinajstić information content (AvgIpc) is 2.61. The van der Waals surface area contributed by atoms with Crippen LogP contribution >= 0.6 is 11.6 Å². The molecule has 0 atom stereocenters. The maximum Gasteiger partial charge on any atom is 0.123 e. The molecule has 90 valence electrons. The zero-order chi connectivity index (χ0) is 12.4. The van der Waals surface area contributed by atoms with E-state index in [-0.39, 0.29) is 5.82 Å². The van der Waals surface area contributed by atoms with Gasteiger partial charge in [-0.2, -0.15) is 5.10 Å². The fourth-order valence-corrected chi connectivity index (χ4v) is 1.80. The number of H-pyrrole nitrogens is 1. The Hall–Kier alpha value is -1.55. The van der Waals surface area contributed by atoms with E-state index in [0.717, 1.165) is 11.3 Å². The summed E-state index contributed by atoms with van der Waals surface area (Å²) in [5.74, 6) is 0.326. The summed E-state index contributed by atoms with van der Waals surface area (Å²) in [4.78, 5) is 0. The Morgan fingerprint density at radius 1 is 1.47 bits per heavy atom. The van der Waals surface area contributed by atoms with Crippen LogP contribution in [0.4, 0.5) is 4.39 Å². The number of aromatic amines is 1. The van der Waals surface area contributed by atoms with Gasteiger partial charge in [0.1, 0.15) is 11.6 Å². The lowest BCUT2D eigenvalue weighted by Gasteiger charge is -2.07. The number of halogens is 2. The van der Waals surface area contributed by atoms with Crippen molar-refractivity contribution in [2.45, 2.75) is 13.3 Å². The van der Waals surface area contributed by atoms with E-state index < -0.39 is 0 Å². The predicted molar refractivity (Wildman–Crippen MR) is 64.1 cm³/mol. The molecule has 2 aromatic rings. The molecule has 0 aliphatic rings. The third-order valence-corrected chi connectivity index (χ3v) is 3.04. The van der Waals surface area contributed by atoms with Gasteiger partial charge in [0, 0.05) is 12.0 Å². The van der Waals surface area contributed by atoms with E-state index in [1.807, 2.05) is 6.92 Å². The van der Waals surface area contributed by atoms with Crippen LogP contribution in [-0.4, -0.2) is 17.3 Å². The lowest BCUT2D eigenvalue weighted by Crippen LogP contribution is -1.95. The summed E-state index contributed by atoms with van der Waals surface area (Å²) in [6.07, 6.45) is 0.435. The van der Waals surface area contributed by atoms with E-state index in [1.165, 1.54) is 12.1 Å². The summed E-state index contributed by atoms with van der Waals surface area (Å²) in [5, 5.41) is 7.45. The lowest BCUT2D eigenvalue weighted by atomic mass is 10.1. The molecule has 0 unspecified atom stereocenters. The van der Waals surface area contributed by atoms with Crippen molar-refractivity contribution in [2.24, 2.45) is 0 Å². The molecular formula is C12H12ClFN2O. The van der Waals surface area contributed by atoms with Crippen LogP contribution in [0.2, 0.25) is 5.02 Å². The molecule has 2 rings (SSSR count). The molecule has 0 radical (unpaired) electrons. The van der Waals surface area contributed by atoms with Crippen LogP contribution in [0.25, 0.3) is 0 Å². The van der Waals surface area contributed by atoms with Crippen LogP contribution < -0.4 is 4.74 Å². The zero-order valence-electron chi connectivity index (χ0n) is 9.55. The Morgan fingerprint density at radius 3 is 2.82 bits per heavy atom. The highest BCUT2D eigenvalue weighted by Gasteiger charge is 2.12. The van der Waals surface area contributed by atoms with E-state index in [2.05, 4.69) is 10.2 Å². The predicted octanol–water partition coefficient (Wildman–Crippen LogP) is 3.11. The number of aromatic nitrogens is 2. The van der Waals surface area contributed by atoms with E-state index in [9.17, 15) is 4.39 Å². The third-order valence-electron chi connectivity index (χ3n) is 2.54. The van der Waals surface area contributed by atoms with Gasteiger partial charge < -0.3 is 4.74 Å². The van der Waals surface area contributed by atoms with Crippen LogP contribution in [0.3, 0.4) is 0 Å². The van der Waals surface area contributed by atoms with Gasteiger partial charge in [-0.3, -0.25) is 5.10 Å². The molecule has 1 aromatic heterocycles. The van der Waals surface area contributed by atoms with Gasteiger partial charge in [-0.1, -0.05) is 11.6 Å². The summed E-state index contributed by atoms with van der Waals surface area (Å²) in [6, 6.07) is 4.39. The number of nitrogens with one attached hydrogen (secondary N) is 1. The van der Waals surface area contributed by atoms with Crippen LogP contribution in [0.5, 0.6) is 5.75 Å². The van der Waals surface area contributed by atoms with E-state index >= 15 is 0 Å². The second-order valence-electron chi connectivity index (χ2n) is 3.74. The second kappa shape index (κ2) is 4.75. The molecule has 0 bridgehead atoms. The minimum absolute atomic E-state index is 0.302. The van der Waals surface area contributed by atoms with Gasteiger partial charge in [0.05, 0.1) is 23.5 Å². The molecule has 0 amide bonds. The normalized spacial score (nSPS) is 10.6. The van der Waals surface area contributed by atoms with Gasteiger partial charge in [0.25, 0.3) is 0 Å². The number of methoxy groups -OCH3 is 1. The van der Waals surface area contributed by atoms with Crippen molar-refractivity contribution < 1.29 is 9.13 Å². The zero-order valence-corrected chi connectivity index (χ0v) is 10.3. The summed E-state index contributed by atoms with van der Waals surface area (Å²) in [5.41, 5.74) is 2.21. The molecule has 0 aliphatic carbocycles. The maximum atomic E-state index is 13.2. The topological polar surface area (TPSA) is 37.9 Å². The van der Waals surface area contributed by atoms with Crippen molar-refractivity contribution in [1.29, 1.82) is 0 Å². The van der Waals surface area contributed by atoms with Crippen molar-refractivity contribution in [3.63, 3.8) is 0 Å². The molecule has 0 fully saturated rings. The largest absolute Gasteiger partial charge is 0.496 e. The minimum atomic E-state index is -0.302. The highest BCUT2D eigenvalue weighted by atomic mass is 35.5. The first kappa shape index (κ1) is 11.9. The quantitative estimate of drug-likeness (QED) is 0.914. The lowest BCUT2D eigenvalue weighted by molar-refractivity contribution is 0.409. The highest BCUT2D eigenvalue weighted by molar-refractivity contribution is 6.31. The van der Waals surface area contributed by atoms with Gasteiger partial charge in [-0.15, -0.1) is 0 Å². The fraction of sp³-hybridized carbons (Fsp3) is 0.250. The molecule has 0 saturated heterocycles. The number of hydrogen-bond donors (Lipinski definition) is 1. The smallest absolute Gasteiger partial charge is 0.123 e. The number of nitrogens with zero attached hydrogens (tertiary/aromatic N) is 1. The number of ether oxygens (including phenoxy) is 1. The van der Waals surface area contributed by atoms with Gasteiger partial charge in [0.2, 0.25) is 0 Å². The Kier molecular flexibility index (Phi) is 3.33. The van der Waals surface area contributed by atoms with Gasteiger partial charge in [-0.05, 0) is 25.1 Å². The molecule has 3 nitrogen and oxygen atoms in total. The molecule has 0 aliphatic heterocycles. The Morgan fingerprint density at radius 2 is 2.24 bits per heavy atom. The van der Waals surface area contributed by atoms with Crippen molar-refractivity contribution in [3.05, 3.63) is 46.0 Å². The molecule has 5 heteroatoms. The number of hydrogen-bond acceptors (Lipinski definition) is 2.